The smallest absolute Gasteiger partial charge is 0.122 e. The molecule has 0 unspecified atom stereocenters. The zero-order valence-electron chi connectivity index (χ0n) is 18.4. The highest BCUT2D eigenvalue weighted by atomic mass is 35.5. The van der Waals surface area contributed by atoms with Crippen LogP contribution < -0.4 is 10.1 Å². The molecule has 0 radical (unpaired) electrons. The maximum absolute atomic E-state index is 6.65. The number of nitrogens with one attached hydrogen (secondary N) is 1. The molecule has 0 fully saturated rings. The molecule has 2 aromatic carbocycles. The molecule has 5 rings (SSSR count). The second kappa shape index (κ2) is 8.35. The molecule has 0 spiro atoms. The number of hydrogen-bond donors (Lipinski definition) is 1. The minimum Gasteiger partial charge on any atom is -0.491 e. The highest BCUT2D eigenvalue weighted by molar-refractivity contribution is 6.38. The first kappa shape index (κ1) is 21.2. The fourth-order valence-electron chi connectivity index (χ4n) is 5.56. The highest BCUT2D eigenvalue weighted by Crippen LogP contribution is 2.41. The predicted octanol–water partition coefficient (Wildman–Crippen LogP) is 6.33. The van der Waals surface area contributed by atoms with Crippen molar-refractivity contribution in [3.63, 3.8) is 0 Å². The zero-order chi connectivity index (χ0) is 21.6. The molecule has 3 nitrogen and oxygen atoms in total. The predicted molar refractivity (Wildman–Crippen MR) is 130 cm³/mol. The molecule has 0 bridgehead atoms. The molecule has 2 heterocycles. The number of aromatic nitrogens is 1. The second-order valence-corrected chi connectivity index (χ2v) is 10.3. The molecule has 1 N–H and O–H groups in total. The van der Waals surface area contributed by atoms with Gasteiger partial charge in [0.25, 0.3) is 0 Å². The summed E-state index contributed by atoms with van der Waals surface area (Å²) in [5.74, 6) is 1.05. The molecule has 2 aliphatic rings. The van der Waals surface area contributed by atoms with Gasteiger partial charge in [-0.05, 0) is 72.5 Å². The van der Waals surface area contributed by atoms with E-state index in [1.165, 1.54) is 35.2 Å². The molecule has 0 amide bonds. The molecule has 0 saturated heterocycles. The summed E-state index contributed by atoms with van der Waals surface area (Å²) in [7, 11) is 0. The van der Waals surface area contributed by atoms with Crippen molar-refractivity contribution in [2.45, 2.75) is 57.9 Å². The van der Waals surface area contributed by atoms with E-state index in [1.54, 1.807) is 0 Å². The molecular weight excluding hydrogens is 427 g/mol. The van der Waals surface area contributed by atoms with Crippen LogP contribution in [0.25, 0.3) is 10.9 Å². The van der Waals surface area contributed by atoms with Crippen molar-refractivity contribution < 1.29 is 4.74 Å². The number of halogens is 2. The Kier molecular flexibility index (Phi) is 5.70. The Hall–Kier alpha value is -1.68. The van der Waals surface area contributed by atoms with Crippen LogP contribution in [0.15, 0.2) is 30.3 Å². The van der Waals surface area contributed by atoms with Crippen LogP contribution in [-0.2, 0) is 31.2 Å². The highest BCUT2D eigenvalue weighted by Gasteiger charge is 2.29. The van der Waals surface area contributed by atoms with Gasteiger partial charge in [-0.15, -0.1) is 0 Å². The molecule has 164 valence electrons. The van der Waals surface area contributed by atoms with Gasteiger partial charge in [0.1, 0.15) is 12.4 Å². The van der Waals surface area contributed by atoms with E-state index >= 15 is 0 Å². The summed E-state index contributed by atoms with van der Waals surface area (Å²) in [5, 5.41) is 6.10. The van der Waals surface area contributed by atoms with Crippen molar-refractivity contribution in [3.8, 4) is 5.75 Å². The minimum absolute atomic E-state index is 0.224. The monoisotopic (exact) mass is 456 g/mol. The SMILES string of the molecule is CC1(C)CCCc2c(OCCn3c4c(c5c(Cl)cc(Cl)cc53)CCNCC4)cccc21. The zero-order valence-corrected chi connectivity index (χ0v) is 19.9. The third-order valence-corrected chi connectivity index (χ3v) is 7.57. The second-order valence-electron chi connectivity index (χ2n) is 9.48. The minimum atomic E-state index is 0.224. The maximum Gasteiger partial charge on any atom is 0.122 e. The number of rotatable bonds is 4. The number of fused-ring (bicyclic) bond motifs is 4. The lowest BCUT2D eigenvalue weighted by atomic mass is 9.72. The van der Waals surface area contributed by atoms with Crippen LogP contribution in [0, 0.1) is 0 Å². The topological polar surface area (TPSA) is 26.2 Å². The molecule has 0 saturated carbocycles. The third kappa shape index (κ3) is 3.86. The van der Waals surface area contributed by atoms with Crippen molar-refractivity contribution in [2.24, 2.45) is 0 Å². The Morgan fingerprint density at radius 3 is 2.77 bits per heavy atom. The number of benzene rings is 2. The summed E-state index contributed by atoms with van der Waals surface area (Å²) in [6.45, 7) is 8.07. The fourth-order valence-corrected chi connectivity index (χ4v) is 6.16. The van der Waals surface area contributed by atoms with Crippen LogP contribution in [0.1, 0.15) is 49.1 Å². The lowest BCUT2D eigenvalue weighted by molar-refractivity contribution is 0.291. The van der Waals surface area contributed by atoms with Crippen LogP contribution in [0.2, 0.25) is 10.0 Å². The van der Waals surface area contributed by atoms with E-state index in [1.807, 2.05) is 6.07 Å². The van der Waals surface area contributed by atoms with E-state index in [0.29, 0.717) is 11.6 Å². The van der Waals surface area contributed by atoms with Crippen molar-refractivity contribution in [2.75, 3.05) is 19.7 Å². The van der Waals surface area contributed by atoms with Gasteiger partial charge in [0.05, 0.1) is 17.1 Å². The molecule has 5 heteroatoms. The molecule has 0 atom stereocenters. The largest absolute Gasteiger partial charge is 0.491 e. The van der Waals surface area contributed by atoms with Crippen LogP contribution in [0.3, 0.4) is 0 Å². The Bertz CT molecular complexity index is 1130. The van der Waals surface area contributed by atoms with Gasteiger partial charge in [-0.3, -0.25) is 0 Å². The van der Waals surface area contributed by atoms with Gasteiger partial charge in [-0.2, -0.15) is 0 Å². The number of ether oxygens (including phenoxy) is 1. The van der Waals surface area contributed by atoms with Crippen LogP contribution in [0.5, 0.6) is 5.75 Å². The normalized spacial score (nSPS) is 17.8. The van der Waals surface area contributed by atoms with Crippen LogP contribution in [0.4, 0.5) is 0 Å². The Morgan fingerprint density at radius 1 is 1.06 bits per heavy atom. The summed E-state index contributed by atoms with van der Waals surface area (Å²) >= 11 is 13.0. The first-order chi connectivity index (χ1) is 15.0. The van der Waals surface area contributed by atoms with E-state index in [0.717, 1.165) is 60.6 Å². The average molecular weight is 457 g/mol. The van der Waals surface area contributed by atoms with Crippen molar-refractivity contribution >= 4 is 34.1 Å². The molecule has 1 aliphatic carbocycles. The van der Waals surface area contributed by atoms with Crippen molar-refractivity contribution in [3.05, 3.63) is 62.8 Å². The molecule has 31 heavy (non-hydrogen) atoms. The Balaban J connectivity index is 1.46. The van der Waals surface area contributed by atoms with E-state index in [4.69, 9.17) is 27.9 Å². The van der Waals surface area contributed by atoms with Crippen LogP contribution in [-0.4, -0.2) is 24.3 Å². The average Bonchev–Trinajstić information content (AvgIpc) is 2.86. The summed E-state index contributed by atoms with van der Waals surface area (Å²) < 4.78 is 8.78. The van der Waals surface area contributed by atoms with E-state index in [2.05, 4.69) is 48.0 Å². The van der Waals surface area contributed by atoms with Gasteiger partial charge in [-0.1, -0.05) is 49.2 Å². The lowest BCUT2D eigenvalue weighted by Crippen LogP contribution is -2.24. The number of nitrogens with zero attached hydrogens (tertiary/aromatic N) is 1. The Labute approximate surface area is 194 Å². The van der Waals surface area contributed by atoms with Crippen LogP contribution >= 0.6 is 23.2 Å². The number of hydrogen-bond acceptors (Lipinski definition) is 2. The standard InChI is InChI=1S/C26H30Cl2N2O/c1-26(2)10-4-5-18-20(26)6-3-7-24(18)31-14-13-30-22-9-12-29-11-8-19(22)25-21(28)15-17(27)16-23(25)30/h3,6-7,15-16,29H,4-5,8-14H2,1-2H3. The summed E-state index contributed by atoms with van der Waals surface area (Å²) in [5.41, 5.74) is 6.92. The van der Waals surface area contributed by atoms with E-state index in [-0.39, 0.29) is 5.41 Å². The summed E-state index contributed by atoms with van der Waals surface area (Å²) in [6, 6.07) is 10.5. The van der Waals surface area contributed by atoms with Gasteiger partial charge < -0.3 is 14.6 Å². The van der Waals surface area contributed by atoms with Gasteiger partial charge in [-0.25, -0.2) is 0 Å². The molecular formula is C26H30Cl2N2O. The first-order valence-electron chi connectivity index (χ1n) is 11.4. The van der Waals surface area contributed by atoms with Gasteiger partial charge in [0.2, 0.25) is 0 Å². The van der Waals surface area contributed by atoms with Gasteiger partial charge in [0.15, 0.2) is 0 Å². The molecule has 1 aliphatic heterocycles. The molecule has 1 aromatic heterocycles. The van der Waals surface area contributed by atoms with E-state index < -0.39 is 0 Å². The Morgan fingerprint density at radius 2 is 1.90 bits per heavy atom. The first-order valence-corrected chi connectivity index (χ1v) is 12.2. The van der Waals surface area contributed by atoms with E-state index in [9.17, 15) is 0 Å². The van der Waals surface area contributed by atoms with Crippen molar-refractivity contribution in [1.29, 1.82) is 0 Å². The van der Waals surface area contributed by atoms with Gasteiger partial charge in [0, 0.05) is 29.1 Å². The summed E-state index contributed by atoms with van der Waals surface area (Å²) in [4.78, 5) is 0. The molecule has 3 aromatic rings. The van der Waals surface area contributed by atoms with Gasteiger partial charge >= 0.3 is 0 Å². The fraction of sp³-hybridized carbons (Fsp3) is 0.462. The summed E-state index contributed by atoms with van der Waals surface area (Å²) in [6.07, 6.45) is 5.55. The lowest BCUT2D eigenvalue weighted by Gasteiger charge is -2.33. The maximum atomic E-state index is 6.65. The third-order valence-electron chi connectivity index (χ3n) is 7.05. The quantitative estimate of drug-likeness (QED) is 0.496. The van der Waals surface area contributed by atoms with Crippen molar-refractivity contribution in [1.82, 2.24) is 9.88 Å².